The zero-order valence-corrected chi connectivity index (χ0v) is 7.37. The summed E-state index contributed by atoms with van der Waals surface area (Å²) in [5.41, 5.74) is 0. The fraction of sp³-hybridized carbons (Fsp3) is 0.500. The lowest BCUT2D eigenvalue weighted by molar-refractivity contribution is -0.112. The maximum absolute atomic E-state index is 12.1. The fourth-order valence-corrected chi connectivity index (χ4v) is 0.506. The van der Waals surface area contributed by atoms with Crippen LogP contribution in [0.1, 0.15) is 0 Å². The van der Waals surface area contributed by atoms with Gasteiger partial charge in [-0.1, -0.05) is 11.6 Å². The quantitative estimate of drug-likeness (QED) is 0.503. The molecular weight excluding hydrogens is 277 g/mol. The lowest BCUT2D eigenvalue weighted by Crippen LogP contribution is -2.15. The highest BCUT2D eigenvalue weighted by molar-refractivity contribution is 9.10. The van der Waals surface area contributed by atoms with E-state index < -0.39 is 21.9 Å². The van der Waals surface area contributed by atoms with E-state index in [1.54, 1.807) is 15.9 Å². The molecule has 1 atom stereocenters. The summed E-state index contributed by atoms with van der Waals surface area (Å²) in [7, 11) is 0. The first-order valence-corrected chi connectivity index (χ1v) is 3.43. The Morgan fingerprint density at radius 3 is 1.42 bits per heavy atom. The maximum Gasteiger partial charge on any atom is 0.445 e. The molecule has 0 N–H and O–H groups in total. The molecular formula is C4BrClF6. The van der Waals surface area contributed by atoms with Crippen LogP contribution in [0.2, 0.25) is 0 Å². The second kappa shape index (κ2) is 3.45. The second-order valence-corrected chi connectivity index (χ2v) is 3.69. The van der Waals surface area contributed by atoms with Crippen LogP contribution in [-0.4, -0.2) is 10.2 Å². The summed E-state index contributed by atoms with van der Waals surface area (Å²) in [5.74, 6) is -5.95. The van der Waals surface area contributed by atoms with Gasteiger partial charge < -0.3 is 0 Å². The Hall–Kier alpha value is 0.0900. The Labute approximate surface area is 76.3 Å². The van der Waals surface area contributed by atoms with E-state index in [-0.39, 0.29) is 0 Å². The van der Waals surface area contributed by atoms with Crippen LogP contribution in [0.5, 0.6) is 0 Å². The number of hydrogen-bond acceptors (Lipinski definition) is 0. The summed E-state index contributed by atoms with van der Waals surface area (Å²) in [6.07, 6.45) is -5.58. The van der Waals surface area contributed by atoms with Gasteiger partial charge in [0.05, 0.1) is 0 Å². The van der Waals surface area contributed by atoms with E-state index in [0.717, 1.165) is 0 Å². The minimum Gasteiger partial charge on any atom is -0.205 e. The molecule has 1 unspecified atom stereocenters. The highest BCUT2D eigenvalue weighted by atomic mass is 79.9. The molecule has 0 aliphatic carbocycles. The van der Waals surface area contributed by atoms with E-state index in [1.807, 2.05) is 0 Å². The van der Waals surface area contributed by atoms with Crippen molar-refractivity contribution in [3.63, 3.8) is 0 Å². The van der Waals surface area contributed by atoms with Gasteiger partial charge in [-0.25, -0.2) is 8.78 Å². The van der Waals surface area contributed by atoms with Crippen molar-refractivity contribution in [2.75, 3.05) is 0 Å². The van der Waals surface area contributed by atoms with E-state index in [9.17, 15) is 26.3 Å². The first-order valence-electron chi connectivity index (χ1n) is 2.26. The third kappa shape index (κ3) is 3.22. The monoisotopic (exact) mass is 276 g/mol. The molecule has 12 heavy (non-hydrogen) atoms. The van der Waals surface area contributed by atoms with Crippen LogP contribution in [0.3, 0.4) is 0 Å². The molecule has 0 aromatic carbocycles. The molecule has 0 spiro atoms. The summed E-state index contributed by atoms with van der Waals surface area (Å²) >= 11 is 6.02. The molecule has 0 rings (SSSR count). The van der Waals surface area contributed by atoms with Crippen LogP contribution in [0.4, 0.5) is 26.3 Å². The first kappa shape index (κ1) is 12.1. The Bertz CT molecular complexity index is 179. The van der Waals surface area contributed by atoms with E-state index >= 15 is 0 Å². The zero-order valence-electron chi connectivity index (χ0n) is 5.02. The molecule has 0 amide bonds. The molecule has 0 aromatic rings. The Morgan fingerprint density at radius 1 is 1.00 bits per heavy atom. The molecule has 0 saturated carbocycles. The van der Waals surface area contributed by atoms with Crippen LogP contribution >= 0.6 is 27.5 Å². The van der Waals surface area contributed by atoms with Crippen LogP contribution in [-0.2, 0) is 0 Å². The van der Waals surface area contributed by atoms with E-state index in [1.165, 1.54) is 0 Å². The lowest BCUT2D eigenvalue weighted by atomic mass is 10.4. The third-order valence-electron chi connectivity index (χ3n) is 0.690. The van der Waals surface area contributed by atoms with E-state index in [0.29, 0.717) is 0 Å². The topological polar surface area (TPSA) is 0 Å². The lowest BCUT2D eigenvalue weighted by Gasteiger charge is -2.09. The van der Waals surface area contributed by atoms with Gasteiger partial charge >= 0.3 is 6.18 Å². The molecule has 72 valence electrons. The van der Waals surface area contributed by atoms with Crippen LogP contribution in [0.15, 0.2) is 11.7 Å². The molecule has 0 aliphatic rings. The molecule has 0 aliphatic heterocycles. The third-order valence-corrected chi connectivity index (χ3v) is 1.20. The van der Waals surface area contributed by atoms with Gasteiger partial charge in [0.2, 0.25) is 11.7 Å². The van der Waals surface area contributed by atoms with E-state index in [2.05, 4.69) is 11.6 Å². The fourth-order valence-electron chi connectivity index (χ4n) is 0.249. The maximum atomic E-state index is 12.1. The summed E-state index contributed by atoms with van der Waals surface area (Å²) in [6.45, 7) is 0. The molecule has 0 heterocycles. The normalized spacial score (nSPS) is 20.0. The SMILES string of the molecule is F/C(=C(/F)C(F)(Cl)Br)C(F)(F)F. The smallest absolute Gasteiger partial charge is 0.205 e. The van der Waals surface area contributed by atoms with Gasteiger partial charge in [-0.15, -0.1) is 0 Å². The number of rotatable bonds is 1. The summed E-state index contributed by atoms with van der Waals surface area (Å²) < 4.78 is 66.2. The molecule has 8 heteroatoms. The van der Waals surface area contributed by atoms with Crippen molar-refractivity contribution >= 4 is 27.5 Å². The number of hydrogen-bond donors (Lipinski definition) is 0. The molecule has 0 saturated heterocycles. The predicted molar refractivity (Wildman–Crippen MR) is 33.9 cm³/mol. The van der Waals surface area contributed by atoms with Crippen molar-refractivity contribution in [3.8, 4) is 0 Å². The zero-order chi connectivity index (χ0) is 10.2. The van der Waals surface area contributed by atoms with Gasteiger partial charge in [-0.3, -0.25) is 0 Å². The number of halogens is 8. The van der Waals surface area contributed by atoms with E-state index in [4.69, 9.17) is 0 Å². The molecule has 0 bridgehead atoms. The minimum absolute atomic E-state index is 1.66. The van der Waals surface area contributed by atoms with Gasteiger partial charge in [0.25, 0.3) is 4.04 Å². The summed E-state index contributed by atoms with van der Waals surface area (Å²) in [6, 6.07) is 0. The first-order chi connectivity index (χ1) is 5.07. The Kier molecular flexibility index (Phi) is 3.48. The Morgan fingerprint density at radius 2 is 1.33 bits per heavy atom. The predicted octanol–water partition coefficient (Wildman–Crippen LogP) is 3.96. The van der Waals surface area contributed by atoms with Crippen molar-refractivity contribution in [2.45, 2.75) is 10.2 Å². The largest absolute Gasteiger partial charge is 0.445 e. The average Bonchev–Trinajstić information content (AvgIpc) is 1.80. The van der Waals surface area contributed by atoms with Crippen LogP contribution < -0.4 is 0 Å². The standard InChI is InChI=1S/C4BrClF6/c5-3(6,9)1(7)2(8)4(10,11)12/b2-1+. The molecule has 0 radical (unpaired) electrons. The van der Waals surface area contributed by atoms with Crippen molar-refractivity contribution in [1.82, 2.24) is 0 Å². The van der Waals surface area contributed by atoms with Crippen LogP contribution in [0, 0.1) is 0 Å². The highest BCUT2D eigenvalue weighted by Gasteiger charge is 2.44. The van der Waals surface area contributed by atoms with Crippen LogP contribution in [0.25, 0.3) is 0 Å². The second-order valence-electron chi connectivity index (χ2n) is 1.62. The Balaban J connectivity index is 4.96. The van der Waals surface area contributed by atoms with Crippen molar-refractivity contribution in [1.29, 1.82) is 0 Å². The number of alkyl halides is 6. The molecule has 0 fully saturated rings. The summed E-state index contributed by atoms with van der Waals surface area (Å²) in [5, 5.41) is 0. The molecule has 0 aromatic heterocycles. The van der Waals surface area contributed by atoms with Crippen molar-refractivity contribution in [2.24, 2.45) is 0 Å². The van der Waals surface area contributed by atoms with Crippen molar-refractivity contribution < 1.29 is 26.3 Å². The minimum atomic E-state index is -5.58. The van der Waals surface area contributed by atoms with Gasteiger partial charge in [0.1, 0.15) is 0 Å². The highest BCUT2D eigenvalue weighted by Crippen LogP contribution is 2.41. The van der Waals surface area contributed by atoms with Gasteiger partial charge in [-0.2, -0.15) is 17.6 Å². The van der Waals surface area contributed by atoms with Gasteiger partial charge in [-0.05, 0) is 15.9 Å². The van der Waals surface area contributed by atoms with Gasteiger partial charge in [0.15, 0.2) is 0 Å². The van der Waals surface area contributed by atoms with Crippen molar-refractivity contribution in [3.05, 3.63) is 11.7 Å². The average molecular weight is 277 g/mol. The number of allylic oxidation sites excluding steroid dienone is 2. The molecule has 0 nitrogen and oxygen atoms in total. The summed E-state index contributed by atoms with van der Waals surface area (Å²) in [4.78, 5) is 0. The van der Waals surface area contributed by atoms with Gasteiger partial charge in [0, 0.05) is 0 Å².